The van der Waals surface area contributed by atoms with E-state index in [-0.39, 0.29) is 4.21 Å². The maximum atomic E-state index is 12.0. The summed E-state index contributed by atoms with van der Waals surface area (Å²) in [6, 6.07) is 10.3. The molecule has 0 amide bonds. The van der Waals surface area contributed by atoms with Crippen LogP contribution in [-0.4, -0.2) is 14.7 Å². The van der Waals surface area contributed by atoms with Crippen LogP contribution >= 0.6 is 34.7 Å². The molecule has 0 spiro atoms. The SMILES string of the molecule is CSc1cccc(NS(=O)(=O)c2ccc(Cl)s2)c1. The number of hydrogen-bond donors (Lipinski definition) is 1. The van der Waals surface area contributed by atoms with Crippen LogP contribution in [0.15, 0.2) is 45.5 Å². The monoisotopic (exact) mass is 319 g/mol. The number of hydrogen-bond acceptors (Lipinski definition) is 4. The van der Waals surface area contributed by atoms with E-state index in [1.165, 1.54) is 6.07 Å². The molecule has 1 heterocycles. The lowest BCUT2D eigenvalue weighted by molar-refractivity contribution is 0.603. The van der Waals surface area contributed by atoms with Crippen molar-refractivity contribution in [2.45, 2.75) is 9.10 Å². The summed E-state index contributed by atoms with van der Waals surface area (Å²) in [6.45, 7) is 0. The van der Waals surface area contributed by atoms with Gasteiger partial charge in [-0.25, -0.2) is 8.42 Å². The van der Waals surface area contributed by atoms with Crippen molar-refractivity contribution in [1.82, 2.24) is 0 Å². The molecular formula is C11H10ClNO2S3. The molecule has 0 fully saturated rings. The normalized spacial score (nSPS) is 11.4. The zero-order valence-corrected chi connectivity index (χ0v) is 12.6. The Bertz CT molecular complexity index is 652. The molecule has 3 nitrogen and oxygen atoms in total. The number of halogens is 1. The van der Waals surface area contributed by atoms with Gasteiger partial charge in [-0.3, -0.25) is 4.72 Å². The highest BCUT2D eigenvalue weighted by molar-refractivity contribution is 7.98. The molecule has 7 heteroatoms. The molecule has 1 N–H and O–H groups in total. The highest BCUT2D eigenvalue weighted by atomic mass is 35.5. The van der Waals surface area contributed by atoms with Gasteiger partial charge in [0, 0.05) is 10.6 Å². The number of benzene rings is 1. The van der Waals surface area contributed by atoms with Gasteiger partial charge in [0.2, 0.25) is 0 Å². The zero-order valence-electron chi connectivity index (χ0n) is 9.38. The Morgan fingerprint density at radius 1 is 1.28 bits per heavy atom. The number of sulfonamides is 1. The summed E-state index contributed by atoms with van der Waals surface area (Å²) in [5.74, 6) is 0. The minimum Gasteiger partial charge on any atom is -0.279 e. The van der Waals surface area contributed by atoms with Gasteiger partial charge in [0.05, 0.1) is 4.34 Å². The van der Waals surface area contributed by atoms with Crippen LogP contribution in [0.25, 0.3) is 0 Å². The molecule has 0 radical (unpaired) electrons. The van der Waals surface area contributed by atoms with E-state index in [2.05, 4.69) is 4.72 Å². The molecule has 18 heavy (non-hydrogen) atoms. The third-order valence-electron chi connectivity index (χ3n) is 2.14. The molecule has 0 aliphatic rings. The van der Waals surface area contributed by atoms with Gasteiger partial charge in [-0.05, 0) is 36.6 Å². The van der Waals surface area contributed by atoms with Crippen molar-refractivity contribution in [3.8, 4) is 0 Å². The minimum absolute atomic E-state index is 0.210. The Hall–Kier alpha value is -0.690. The smallest absolute Gasteiger partial charge is 0.271 e. The Kier molecular flexibility index (Phi) is 4.21. The van der Waals surface area contributed by atoms with Crippen molar-refractivity contribution < 1.29 is 8.42 Å². The molecular weight excluding hydrogens is 310 g/mol. The molecule has 96 valence electrons. The van der Waals surface area contributed by atoms with E-state index in [9.17, 15) is 8.42 Å². The van der Waals surface area contributed by atoms with Gasteiger partial charge in [0.25, 0.3) is 10.0 Å². The molecule has 0 bridgehead atoms. The molecule has 0 saturated heterocycles. The van der Waals surface area contributed by atoms with Crippen LogP contribution in [0, 0.1) is 0 Å². The van der Waals surface area contributed by atoms with Crippen LogP contribution in [0.1, 0.15) is 0 Å². The third-order valence-corrected chi connectivity index (χ3v) is 5.96. The van der Waals surface area contributed by atoms with E-state index in [4.69, 9.17) is 11.6 Å². The molecule has 1 aromatic carbocycles. The minimum atomic E-state index is -3.54. The van der Waals surface area contributed by atoms with Crippen molar-refractivity contribution in [2.75, 3.05) is 11.0 Å². The summed E-state index contributed by atoms with van der Waals surface area (Å²) in [5, 5.41) is 0. The Morgan fingerprint density at radius 3 is 2.67 bits per heavy atom. The summed E-state index contributed by atoms with van der Waals surface area (Å²) in [5.41, 5.74) is 0.548. The van der Waals surface area contributed by atoms with Crippen molar-refractivity contribution in [2.24, 2.45) is 0 Å². The number of nitrogens with one attached hydrogen (secondary N) is 1. The van der Waals surface area contributed by atoms with Gasteiger partial charge in [-0.1, -0.05) is 17.7 Å². The molecule has 1 aromatic heterocycles. The average molecular weight is 320 g/mol. The molecule has 0 atom stereocenters. The van der Waals surface area contributed by atoms with Crippen molar-refractivity contribution in [3.05, 3.63) is 40.7 Å². The van der Waals surface area contributed by atoms with Crippen molar-refractivity contribution >= 4 is 50.4 Å². The van der Waals surface area contributed by atoms with Crippen LogP contribution < -0.4 is 4.72 Å². The lowest BCUT2D eigenvalue weighted by atomic mass is 10.3. The Balaban J connectivity index is 2.27. The second kappa shape index (κ2) is 5.52. The second-order valence-electron chi connectivity index (χ2n) is 3.40. The topological polar surface area (TPSA) is 46.2 Å². The molecule has 0 unspecified atom stereocenters. The molecule has 2 rings (SSSR count). The summed E-state index contributed by atoms with van der Waals surface area (Å²) in [7, 11) is -3.54. The highest BCUT2D eigenvalue weighted by Gasteiger charge is 2.16. The van der Waals surface area contributed by atoms with Gasteiger partial charge in [0.15, 0.2) is 0 Å². The number of rotatable bonds is 4. The Morgan fingerprint density at radius 2 is 2.06 bits per heavy atom. The lowest BCUT2D eigenvalue weighted by Gasteiger charge is -2.07. The van der Waals surface area contributed by atoms with Gasteiger partial charge < -0.3 is 0 Å². The largest absolute Gasteiger partial charge is 0.279 e. The first-order valence-corrected chi connectivity index (χ1v) is 8.84. The fourth-order valence-corrected chi connectivity index (χ4v) is 4.33. The van der Waals surface area contributed by atoms with Crippen LogP contribution in [0.2, 0.25) is 4.34 Å². The Labute approximate surface area is 119 Å². The summed E-state index contributed by atoms with van der Waals surface area (Å²) in [6.07, 6.45) is 1.94. The first kappa shape index (κ1) is 13.7. The van der Waals surface area contributed by atoms with Gasteiger partial charge in [-0.2, -0.15) is 0 Å². The van der Waals surface area contributed by atoms with E-state index < -0.39 is 10.0 Å². The standard InChI is InChI=1S/C11H10ClNO2S3/c1-16-9-4-2-3-8(7-9)13-18(14,15)11-6-5-10(12)17-11/h2-7,13H,1H3. The van der Waals surface area contributed by atoms with Crippen LogP contribution in [-0.2, 0) is 10.0 Å². The van der Waals surface area contributed by atoms with E-state index in [1.807, 2.05) is 18.4 Å². The predicted octanol–water partition coefficient (Wildman–Crippen LogP) is 3.92. The number of thioether (sulfide) groups is 1. The fourth-order valence-electron chi connectivity index (χ4n) is 1.33. The molecule has 0 aliphatic heterocycles. The first-order valence-electron chi connectivity index (χ1n) is 4.93. The second-order valence-corrected chi connectivity index (χ2v) is 7.90. The fraction of sp³-hybridized carbons (Fsp3) is 0.0909. The van der Waals surface area contributed by atoms with Gasteiger partial charge in [-0.15, -0.1) is 23.1 Å². The highest BCUT2D eigenvalue weighted by Crippen LogP contribution is 2.28. The summed E-state index contributed by atoms with van der Waals surface area (Å²) < 4.78 is 27.3. The van der Waals surface area contributed by atoms with Crippen molar-refractivity contribution in [1.29, 1.82) is 0 Å². The first-order chi connectivity index (χ1) is 8.51. The lowest BCUT2D eigenvalue weighted by Crippen LogP contribution is -2.11. The number of anilines is 1. The molecule has 0 saturated carbocycles. The predicted molar refractivity (Wildman–Crippen MR) is 78.4 cm³/mol. The van der Waals surface area contributed by atoms with E-state index in [0.29, 0.717) is 10.0 Å². The summed E-state index contributed by atoms with van der Waals surface area (Å²) >= 11 is 8.33. The molecule has 0 aliphatic carbocycles. The maximum absolute atomic E-state index is 12.0. The van der Waals surface area contributed by atoms with Crippen LogP contribution in [0.3, 0.4) is 0 Å². The van der Waals surface area contributed by atoms with E-state index in [0.717, 1.165) is 16.2 Å². The average Bonchev–Trinajstić information content (AvgIpc) is 2.76. The van der Waals surface area contributed by atoms with Crippen molar-refractivity contribution in [3.63, 3.8) is 0 Å². The number of thiophene rings is 1. The van der Waals surface area contributed by atoms with Gasteiger partial charge >= 0.3 is 0 Å². The van der Waals surface area contributed by atoms with Crippen LogP contribution in [0.4, 0.5) is 5.69 Å². The van der Waals surface area contributed by atoms with E-state index in [1.54, 1.807) is 30.0 Å². The third kappa shape index (κ3) is 3.20. The molecule has 2 aromatic rings. The maximum Gasteiger partial charge on any atom is 0.271 e. The zero-order chi connectivity index (χ0) is 13.2. The quantitative estimate of drug-likeness (QED) is 0.869. The van der Waals surface area contributed by atoms with Crippen LogP contribution in [0.5, 0.6) is 0 Å². The van der Waals surface area contributed by atoms with Gasteiger partial charge in [0.1, 0.15) is 4.21 Å². The van der Waals surface area contributed by atoms with E-state index >= 15 is 0 Å². The summed E-state index contributed by atoms with van der Waals surface area (Å²) in [4.78, 5) is 0.999.